The SMILES string of the molecule is CC(=O)NCCc1ccc2cc(Oc3ccc(O)c(Cl)c3)ccc2c1. The number of phenols is 1. The number of phenolic OH excluding ortho intramolecular Hbond substituents is 1. The smallest absolute Gasteiger partial charge is 0.216 e. The number of amides is 1. The second kappa shape index (κ2) is 7.45. The van der Waals surface area contributed by atoms with Crippen molar-refractivity contribution in [2.24, 2.45) is 0 Å². The van der Waals surface area contributed by atoms with Gasteiger partial charge in [-0.2, -0.15) is 0 Å². The minimum Gasteiger partial charge on any atom is -0.506 e. The summed E-state index contributed by atoms with van der Waals surface area (Å²) in [5.41, 5.74) is 1.17. The number of ether oxygens (including phenoxy) is 1. The van der Waals surface area contributed by atoms with E-state index < -0.39 is 0 Å². The zero-order chi connectivity index (χ0) is 17.8. The summed E-state index contributed by atoms with van der Waals surface area (Å²) in [5, 5.41) is 14.7. The van der Waals surface area contributed by atoms with Gasteiger partial charge in [-0.1, -0.05) is 35.9 Å². The molecule has 0 radical (unpaired) electrons. The van der Waals surface area contributed by atoms with Crippen molar-refractivity contribution in [2.75, 3.05) is 6.54 Å². The Morgan fingerprint density at radius 1 is 1.04 bits per heavy atom. The molecule has 3 rings (SSSR count). The van der Waals surface area contributed by atoms with Crippen molar-refractivity contribution >= 4 is 28.3 Å². The first-order valence-corrected chi connectivity index (χ1v) is 8.32. The van der Waals surface area contributed by atoms with E-state index in [1.165, 1.54) is 18.6 Å². The van der Waals surface area contributed by atoms with E-state index in [2.05, 4.69) is 11.4 Å². The minimum atomic E-state index is -0.0167. The van der Waals surface area contributed by atoms with Gasteiger partial charge in [-0.25, -0.2) is 0 Å². The Labute approximate surface area is 151 Å². The fourth-order valence-corrected chi connectivity index (χ4v) is 2.73. The summed E-state index contributed by atoms with van der Waals surface area (Å²) in [6, 6.07) is 16.8. The summed E-state index contributed by atoms with van der Waals surface area (Å²) in [6.07, 6.45) is 0.791. The lowest BCUT2D eigenvalue weighted by Crippen LogP contribution is -2.22. The maximum Gasteiger partial charge on any atom is 0.216 e. The van der Waals surface area contributed by atoms with Crippen LogP contribution >= 0.6 is 11.6 Å². The molecule has 0 aromatic heterocycles. The van der Waals surface area contributed by atoms with Crippen LogP contribution < -0.4 is 10.1 Å². The average molecular weight is 356 g/mol. The number of hydrogen-bond donors (Lipinski definition) is 2. The van der Waals surface area contributed by atoms with Crippen molar-refractivity contribution in [3.8, 4) is 17.2 Å². The van der Waals surface area contributed by atoms with Gasteiger partial charge in [-0.15, -0.1) is 0 Å². The third-order valence-corrected chi connectivity index (χ3v) is 4.12. The first-order chi connectivity index (χ1) is 12.0. The molecule has 128 valence electrons. The van der Waals surface area contributed by atoms with E-state index >= 15 is 0 Å². The summed E-state index contributed by atoms with van der Waals surface area (Å²) in [6.45, 7) is 2.15. The molecule has 0 atom stereocenters. The Morgan fingerprint density at radius 3 is 2.48 bits per heavy atom. The quantitative estimate of drug-likeness (QED) is 0.699. The van der Waals surface area contributed by atoms with Crippen LogP contribution in [-0.4, -0.2) is 17.6 Å². The molecule has 25 heavy (non-hydrogen) atoms. The zero-order valence-electron chi connectivity index (χ0n) is 13.8. The first-order valence-electron chi connectivity index (χ1n) is 7.95. The molecule has 0 heterocycles. The topological polar surface area (TPSA) is 58.6 Å². The maximum absolute atomic E-state index is 10.9. The molecule has 2 N–H and O–H groups in total. The van der Waals surface area contributed by atoms with E-state index in [1.807, 2.05) is 30.3 Å². The number of nitrogens with one attached hydrogen (secondary N) is 1. The molecule has 0 unspecified atom stereocenters. The van der Waals surface area contributed by atoms with E-state index in [9.17, 15) is 9.90 Å². The molecule has 0 aliphatic rings. The molecule has 5 heteroatoms. The summed E-state index contributed by atoms with van der Waals surface area (Å²) in [4.78, 5) is 10.9. The Bertz CT molecular complexity index is 924. The number of aromatic hydroxyl groups is 1. The minimum absolute atomic E-state index is 0.0167. The number of carbonyl (C=O) groups is 1. The van der Waals surface area contributed by atoms with Gasteiger partial charge in [0.15, 0.2) is 0 Å². The fourth-order valence-electron chi connectivity index (χ4n) is 2.56. The monoisotopic (exact) mass is 355 g/mol. The number of benzene rings is 3. The molecule has 4 nitrogen and oxygen atoms in total. The van der Waals surface area contributed by atoms with Crippen molar-refractivity contribution in [3.63, 3.8) is 0 Å². The maximum atomic E-state index is 10.9. The van der Waals surface area contributed by atoms with E-state index in [1.54, 1.807) is 12.1 Å². The summed E-state index contributed by atoms with van der Waals surface area (Å²) in [7, 11) is 0. The van der Waals surface area contributed by atoms with Crippen molar-refractivity contribution in [3.05, 3.63) is 65.2 Å². The summed E-state index contributed by atoms with van der Waals surface area (Å²) in [5.74, 6) is 1.27. The van der Waals surface area contributed by atoms with Gasteiger partial charge in [-0.05, 0) is 47.0 Å². The Morgan fingerprint density at radius 2 is 1.72 bits per heavy atom. The first kappa shape index (κ1) is 17.1. The second-order valence-electron chi connectivity index (χ2n) is 5.79. The Kier molecular flexibility index (Phi) is 5.10. The summed E-state index contributed by atoms with van der Waals surface area (Å²) < 4.78 is 5.80. The van der Waals surface area contributed by atoms with Crippen molar-refractivity contribution in [2.45, 2.75) is 13.3 Å². The highest BCUT2D eigenvalue weighted by atomic mass is 35.5. The van der Waals surface area contributed by atoms with Crippen LogP contribution in [0.5, 0.6) is 17.2 Å². The van der Waals surface area contributed by atoms with Gasteiger partial charge >= 0.3 is 0 Å². The van der Waals surface area contributed by atoms with Crippen LogP contribution in [0.25, 0.3) is 10.8 Å². The molecule has 0 saturated heterocycles. The van der Waals surface area contributed by atoms with Gasteiger partial charge < -0.3 is 15.2 Å². The van der Waals surface area contributed by atoms with Crippen LogP contribution in [0.15, 0.2) is 54.6 Å². The third-order valence-electron chi connectivity index (χ3n) is 3.82. The Balaban J connectivity index is 1.75. The van der Waals surface area contributed by atoms with Gasteiger partial charge in [0.25, 0.3) is 0 Å². The predicted molar refractivity (Wildman–Crippen MR) is 99.5 cm³/mol. The molecule has 0 spiro atoms. The lowest BCUT2D eigenvalue weighted by Gasteiger charge is -2.09. The highest BCUT2D eigenvalue weighted by molar-refractivity contribution is 6.32. The molecule has 0 saturated carbocycles. The molecular formula is C20H18ClNO3. The Hall–Kier alpha value is -2.72. The van der Waals surface area contributed by atoms with Gasteiger partial charge in [0.05, 0.1) is 5.02 Å². The fraction of sp³-hybridized carbons (Fsp3) is 0.150. The van der Waals surface area contributed by atoms with Gasteiger partial charge in [-0.3, -0.25) is 4.79 Å². The van der Waals surface area contributed by atoms with Crippen molar-refractivity contribution in [1.29, 1.82) is 0 Å². The van der Waals surface area contributed by atoms with E-state index in [4.69, 9.17) is 16.3 Å². The highest BCUT2D eigenvalue weighted by Crippen LogP contribution is 2.31. The molecule has 0 aliphatic carbocycles. The van der Waals surface area contributed by atoms with E-state index in [-0.39, 0.29) is 16.7 Å². The van der Waals surface area contributed by atoms with Crippen LogP contribution in [0, 0.1) is 0 Å². The predicted octanol–water partition coefficient (Wildman–Crippen LogP) is 4.67. The lowest BCUT2D eigenvalue weighted by atomic mass is 10.0. The van der Waals surface area contributed by atoms with Crippen molar-refractivity contribution < 1.29 is 14.6 Å². The van der Waals surface area contributed by atoms with Crippen LogP contribution in [-0.2, 0) is 11.2 Å². The van der Waals surface area contributed by atoms with Gasteiger partial charge in [0.2, 0.25) is 5.91 Å². The van der Waals surface area contributed by atoms with Crippen LogP contribution in [0.3, 0.4) is 0 Å². The molecular weight excluding hydrogens is 338 g/mol. The standard InChI is InChI=1S/C20H18ClNO3/c1-13(23)22-9-8-14-2-3-16-11-17(5-4-15(16)10-14)25-18-6-7-20(24)19(21)12-18/h2-7,10-12,24H,8-9H2,1H3,(H,22,23). The largest absolute Gasteiger partial charge is 0.506 e. The highest BCUT2D eigenvalue weighted by Gasteiger charge is 2.04. The molecule has 1 amide bonds. The number of carbonyl (C=O) groups excluding carboxylic acids is 1. The van der Waals surface area contributed by atoms with Crippen LogP contribution in [0.2, 0.25) is 5.02 Å². The lowest BCUT2D eigenvalue weighted by molar-refractivity contribution is -0.118. The van der Waals surface area contributed by atoms with E-state index in [0.717, 1.165) is 17.2 Å². The average Bonchev–Trinajstić information content (AvgIpc) is 2.58. The summed E-state index contributed by atoms with van der Waals surface area (Å²) >= 11 is 5.90. The molecule has 0 bridgehead atoms. The number of halogens is 1. The molecule has 3 aromatic rings. The zero-order valence-corrected chi connectivity index (χ0v) is 14.5. The van der Waals surface area contributed by atoms with Crippen molar-refractivity contribution in [1.82, 2.24) is 5.32 Å². The van der Waals surface area contributed by atoms with Crippen LogP contribution in [0.4, 0.5) is 0 Å². The molecule has 3 aromatic carbocycles. The molecule has 0 fully saturated rings. The van der Waals surface area contributed by atoms with E-state index in [0.29, 0.717) is 18.0 Å². The number of rotatable bonds is 5. The van der Waals surface area contributed by atoms with Gasteiger partial charge in [0.1, 0.15) is 17.2 Å². The van der Waals surface area contributed by atoms with Gasteiger partial charge in [0, 0.05) is 19.5 Å². The third kappa shape index (κ3) is 4.43. The normalized spacial score (nSPS) is 10.6. The molecule has 0 aliphatic heterocycles. The number of hydrogen-bond acceptors (Lipinski definition) is 3. The second-order valence-corrected chi connectivity index (χ2v) is 6.20. The van der Waals surface area contributed by atoms with Crippen LogP contribution in [0.1, 0.15) is 12.5 Å². The number of fused-ring (bicyclic) bond motifs is 1.